The molecule has 3 aromatic rings. The molecule has 1 aliphatic heterocycles. The zero-order chi connectivity index (χ0) is 14.4. The van der Waals surface area contributed by atoms with E-state index in [9.17, 15) is 0 Å². The summed E-state index contributed by atoms with van der Waals surface area (Å²) in [6.07, 6.45) is 2.78. The molecule has 0 atom stereocenters. The van der Waals surface area contributed by atoms with E-state index in [0.717, 1.165) is 29.8 Å². The van der Waals surface area contributed by atoms with E-state index in [4.69, 9.17) is 5.73 Å². The molecule has 0 saturated carbocycles. The molecule has 106 valence electrons. The van der Waals surface area contributed by atoms with Crippen LogP contribution in [0.5, 0.6) is 0 Å². The molecule has 1 aliphatic rings. The van der Waals surface area contributed by atoms with Crippen LogP contribution in [0, 0.1) is 0 Å². The van der Waals surface area contributed by atoms with Crippen molar-refractivity contribution in [2.45, 2.75) is 13.0 Å². The highest BCUT2D eigenvalue weighted by Gasteiger charge is 2.20. The number of aromatic nitrogens is 4. The summed E-state index contributed by atoms with van der Waals surface area (Å²) in [5.41, 5.74) is 9.45. The first-order chi connectivity index (χ1) is 10.2. The first-order valence-corrected chi connectivity index (χ1v) is 6.99. The summed E-state index contributed by atoms with van der Waals surface area (Å²) >= 11 is 0. The van der Waals surface area contributed by atoms with Gasteiger partial charge < -0.3 is 10.6 Å². The largest absolute Gasteiger partial charge is 0.383 e. The standard InChI is InChI=1S/C15H16N6/c1-20-15-11(8-17-20)14(16)18-13(19-15)9-21-7-6-10-4-2-3-5-12(10)21/h2-5,8H,6-7,9H2,1H3,(H2,16,18,19). The fourth-order valence-electron chi connectivity index (χ4n) is 2.90. The Labute approximate surface area is 122 Å². The fourth-order valence-corrected chi connectivity index (χ4v) is 2.90. The number of hydrogen-bond acceptors (Lipinski definition) is 5. The second-order valence-electron chi connectivity index (χ2n) is 5.33. The Bertz CT molecular complexity index is 822. The lowest BCUT2D eigenvalue weighted by Gasteiger charge is -2.18. The Hall–Kier alpha value is -2.63. The van der Waals surface area contributed by atoms with Gasteiger partial charge in [-0.2, -0.15) is 5.10 Å². The van der Waals surface area contributed by atoms with Crippen molar-refractivity contribution in [1.29, 1.82) is 0 Å². The summed E-state index contributed by atoms with van der Waals surface area (Å²) in [4.78, 5) is 11.3. The van der Waals surface area contributed by atoms with E-state index in [1.54, 1.807) is 10.9 Å². The molecular formula is C15H16N6. The van der Waals surface area contributed by atoms with Crippen molar-refractivity contribution in [2.75, 3.05) is 17.2 Å². The number of rotatable bonds is 2. The Balaban J connectivity index is 1.71. The monoisotopic (exact) mass is 280 g/mol. The second kappa shape index (κ2) is 4.44. The van der Waals surface area contributed by atoms with Gasteiger partial charge in [-0.05, 0) is 18.1 Å². The van der Waals surface area contributed by atoms with Gasteiger partial charge in [0.1, 0.15) is 5.82 Å². The molecule has 6 heteroatoms. The molecule has 0 aliphatic carbocycles. The molecule has 6 nitrogen and oxygen atoms in total. The maximum Gasteiger partial charge on any atom is 0.163 e. The summed E-state index contributed by atoms with van der Waals surface area (Å²) in [7, 11) is 1.86. The van der Waals surface area contributed by atoms with Gasteiger partial charge >= 0.3 is 0 Å². The van der Waals surface area contributed by atoms with Crippen LogP contribution in [-0.4, -0.2) is 26.3 Å². The number of nitrogen functional groups attached to an aromatic ring is 1. The maximum atomic E-state index is 6.02. The molecule has 0 spiro atoms. The number of aryl methyl sites for hydroxylation is 1. The molecule has 21 heavy (non-hydrogen) atoms. The van der Waals surface area contributed by atoms with Crippen LogP contribution in [-0.2, 0) is 20.0 Å². The molecule has 0 amide bonds. The topological polar surface area (TPSA) is 72.9 Å². The molecular weight excluding hydrogens is 264 g/mol. The van der Waals surface area contributed by atoms with Crippen molar-refractivity contribution in [3.8, 4) is 0 Å². The quantitative estimate of drug-likeness (QED) is 0.770. The third-order valence-electron chi connectivity index (χ3n) is 3.98. The van der Waals surface area contributed by atoms with Crippen LogP contribution in [0.1, 0.15) is 11.4 Å². The zero-order valence-electron chi connectivity index (χ0n) is 11.8. The van der Waals surface area contributed by atoms with Crippen LogP contribution in [0.3, 0.4) is 0 Å². The Morgan fingerprint density at radius 1 is 1.24 bits per heavy atom. The summed E-state index contributed by atoms with van der Waals surface area (Å²) in [5, 5.41) is 4.99. The van der Waals surface area contributed by atoms with E-state index in [2.05, 4.69) is 44.2 Å². The lowest BCUT2D eigenvalue weighted by molar-refractivity contribution is 0.762. The zero-order valence-corrected chi connectivity index (χ0v) is 11.8. The highest BCUT2D eigenvalue weighted by molar-refractivity contribution is 5.85. The van der Waals surface area contributed by atoms with E-state index in [1.807, 2.05) is 7.05 Å². The molecule has 0 fully saturated rings. The van der Waals surface area contributed by atoms with Gasteiger partial charge in [0, 0.05) is 19.3 Å². The number of anilines is 2. The average Bonchev–Trinajstić information content (AvgIpc) is 3.05. The third-order valence-corrected chi connectivity index (χ3v) is 3.98. The van der Waals surface area contributed by atoms with Gasteiger partial charge in [-0.25, -0.2) is 9.97 Å². The second-order valence-corrected chi connectivity index (χ2v) is 5.33. The van der Waals surface area contributed by atoms with Crippen molar-refractivity contribution in [3.05, 3.63) is 41.9 Å². The lowest BCUT2D eigenvalue weighted by Crippen LogP contribution is -2.21. The van der Waals surface area contributed by atoms with Crippen molar-refractivity contribution < 1.29 is 0 Å². The van der Waals surface area contributed by atoms with Gasteiger partial charge in [-0.1, -0.05) is 18.2 Å². The minimum Gasteiger partial charge on any atom is -0.383 e. The molecule has 0 radical (unpaired) electrons. The van der Waals surface area contributed by atoms with Gasteiger partial charge in [0.15, 0.2) is 11.5 Å². The smallest absolute Gasteiger partial charge is 0.163 e. The van der Waals surface area contributed by atoms with E-state index < -0.39 is 0 Å². The Kier molecular flexibility index (Phi) is 2.57. The van der Waals surface area contributed by atoms with Crippen LogP contribution in [0.25, 0.3) is 11.0 Å². The summed E-state index contributed by atoms with van der Waals surface area (Å²) in [6.45, 7) is 1.66. The summed E-state index contributed by atoms with van der Waals surface area (Å²) in [6, 6.07) is 8.47. The minimum atomic E-state index is 0.496. The van der Waals surface area contributed by atoms with Crippen molar-refractivity contribution in [3.63, 3.8) is 0 Å². The van der Waals surface area contributed by atoms with E-state index in [0.29, 0.717) is 12.4 Å². The van der Waals surface area contributed by atoms with E-state index in [1.165, 1.54) is 11.3 Å². The van der Waals surface area contributed by atoms with Gasteiger partial charge in [0.2, 0.25) is 0 Å². The molecule has 4 rings (SSSR count). The normalized spacial score (nSPS) is 13.9. The van der Waals surface area contributed by atoms with Crippen LogP contribution >= 0.6 is 0 Å². The molecule has 0 unspecified atom stereocenters. The maximum absolute atomic E-state index is 6.02. The van der Waals surface area contributed by atoms with Gasteiger partial charge in [0.25, 0.3) is 0 Å². The molecule has 2 N–H and O–H groups in total. The van der Waals surface area contributed by atoms with Crippen LogP contribution in [0.15, 0.2) is 30.5 Å². The first-order valence-electron chi connectivity index (χ1n) is 6.99. The van der Waals surface area contributed by atoms with Gasteiger partial charge in [-0.3, -0.25) is 4.68 Å². The van der Waals surface area contributed by atoms with Gasteiger partial charge in [-0.15, -0.1) is 0 Å². The molecule has 3 heterocycles. The van der Waals surface area contributed by atoms with Crippen LogP contribution < -0.4 is 10.6 Å². The number of benzene rings is 1. The van der Waals surface area contributed by atoms with E-state index >= 15 is 0 Å². The Morgan fingerprint density at radius 3 is 3.00 bits per heavy atom. The third kappa shape index (κ3) is 1.91. The van der Waals surface area contributed by atoms with Gasteiger partial charge in [0.05, 0.1) is 18.1 Å². The van der Waals surface area contributed by atoms with Crippen molar-refractivity contribution >= 4 is 22.5 Å². The number of nitrogens with two attached hydrogens (primary N) is 1. The molecule has 0 saturated heterocycles. The number of para-hydroxylation sites is 1. The predicted octanol–water partition coefficient (Wildman–Crippen LogP) is 1.51. The SMILES string of the molecule is Cn1ncc2c(N)nc(CN3CCc4ccccc43)nc21. The Morgan fingerprint density at radius 2 is 2.10 bits per heavy atom. The summed E-state index contributed by atoms with van der Waals surface area (Å²) < 4.78 is 1.73. The first kappa shape index (κ1) is 12.1. The molecule has 1 aromatic carbocycles. The lowest BCUT2D eigenvalue weighted by atomic mass is 10.2. The average molecular weight is 280 g/mol. The number of hydrogen-bond donors (Lipinski definition) is 1. The van der Waals surface area contributed by atoms with Crippen LogP contribution in [0.2, 0.25) is 0 Å². The number of nitrogens with zero attached hydrogens (tertiary/aromatic N) is 5. The fraction of sp³-hybridized carbons (Fsp3) is 0.267. The molecule has 2 aromatic heterocycles. The highest BCUT2D eigenvalue weighted by Crippen LogP contribution is 2.28. The van der Waals surface area contributed by atoms with E-state index in [-0.39, 0.29) is 0 Å². The minimum absolute atomic E-state index is 0.496. The highest BCUT2D eigenvalue weighted by atomic mass is 15.3. The summed E-state index contributed by atoms with van der Waals surface area (Å²) in [5.74, 6) is 1.23. The van der Waals surface area contributed by atoms with Crippen molar-refractivity contribution in [1.82, 2.24) is 19.7 Å². The predicted molar refractivity (Wildman–Crippen MR) is 81.9 cm³/mol. The van der Waals surface area contributed by atoms with Crippen molar-refractivity contribution in [2.24, 2.45) is 7.05 Å². The van der Waals surface area contributed by atoms with Crippen LogP contribution in [0.4, 0.5) is 11.5 Å². The number of fused-ring (bicyclic) bond motifs is 2. The molecule has 0 bridgehead atoms.